The third-order valence-corrected chi connectivity index (χ3v) is 6.20. The maximum Gasteiger partial charge on any atom is 0.333 e. The maximum absolute atomic E-state index is 11.9. The predicted molar refractivity (Wildman–Crippen MR) is 104 cm³/mol. The van der Waals surface area contributed by atoms with Crippen LogP contribution >= 0.6 is 0 Å². The second kappa shape index (κ2) is 7.34. The summed E-state index contributed by atoms with van der Waals surface area (Å²) in [6.45, 7) is 4.50. The summed E-state index contributed by atoms with van der Waals surface area (Å²) in [5.41, 5.74) is 3.16. The molecule has 1 aliphatic carbocycles. The van der Waals surface area contributed by atoms with Crippen LogP contribution in [0.3, 0.4) is 0 Å². The molecule has 1 saturated heterocycles. The zero-order chi connectivity index (χ0) is 18.0. The average Bonchev–Trinajstić information content (AvgIpc) is 2.97. The minimum Gasteiger partial charge on any atom is -0.449 e. The number of carbonyl (C=O) groups excluding carboxylic acids is 1. The van der Waals surface area contributed by atoms with Gasteiger partial charge < -0.3 is 15.0 Å². The molecule has 2 fully saturated rings. The highest BCUT2D eigenvalue weighted by molar-refractivity contribution is 5.86. The summed E-state index contributed by atoms with van der Waals surface area (Å²) in [5, 5.41) is 3.59. The average molecular weight is 354 g/mol. The van der Waals surface area contributed by atoms with Gasteiger partial charge >= 0.3 is 5.97 Å². The van der Waals surface area contributed by atoms with Gasteiger partial charge in [0.05, 0.1) is 5.70 Å². The van der Waals surface area contributed by atoms with E-state index in [1.54, 1.807) is 6.08 Å². The van der Waals surface area contributed by atoms with Crippen LogP contribution in [0.4, 0.5) is 5.69 Å². The molecule has 1 spiro atoms. The Hall–Kier alpha value is -1.97. The Balaban J connectivity index is 1.44. The maximum atomic E-state index is 11.9. The first-order valence-corrected chi connectivity index (χ1v) is 10.2. The quantitative estimate of drug-likeness (QED) is 0.810. The third kappa shape index (κ3) is 3.46. The fourth-order valence-electron chi connectivity index (χ4n) is 4.64. The highest BCUT2D eigenvalue weighted by Crippen LogP contribution is 2.41. The van der Waals surface area contributed by atoms with Gasteiger partial charge in [-0.05, 0) is 69.6 Å². The van der Waals surface area contributed by atoms with Crippen molar-refractivity contribution in [2.75, 3.05) is 18.0 Å². The lowest BCUT2D eigenvalue weighted by molar-refractivity contribution is -0.148. The van der Waals surface area contributed by atoms with Gasteiger partial charge in [-0.3, -0.25) is 0 Å². The van der Waals surface area contributed by atoms with Gasteiger partial charge in [0.1, 0.15) is 0 Å². The molecule has 4 rings (SSSR count). The van der Waals surface area contributed by atoms with Crippen molar-refractivity contribution < 1.29 is 9.53 Å². The van der Waals surface area contributed by atoms with Gasteiger partial charge in [0.25, 0.3) is 0 Å². The van der Waals surface area contributed by atoms with E-state index in [4.69, 9.17) is 4.74 Å². The fourth-order valence-corrected chi connectivity index (χ4v) is 4.64. The Morgan fingerprint density at radius 2 is 1.65 bits per heavy atom. The van der Waals surface area contributed by atoms with Crippen LogP contribution in [0.1, 0.15) is 69.9 Å². The van der Waals surface area contributed by atoms with E-state index in [9.17, 15) is 4.79 Å². The van der Waals surface area contributed by atoms with Crippen molar-refractivity contribution in [1.29, 1.82) is 0 Å². The van der Waals surface area contributed by atoms with Crippen molar-refractivity contribution in [2.24, 2.45) is 0 Å². The van der Waals surface area contributed by atoms with Crippen molar-refractivity contribution in [3.8, 4) is 0 Å². The molecule has 140 valence electrons. The largest absolute Gasteiger partial charge is 0.449 e. The number of carbonyl (C=O) groups is 1. The molecule has 2 heterocycles. The molecule has 1 saturated carbocycles. The topological polar surface area (TPSA) is 41.6 Å². The Morgan fingerprint density at radius 1 is 1.00 bits per heavy atom. The lowest BCUT2D eigenvalue weighted by Crippen LogP contribution is -2.40. The lowest BCUT2D eigenvalue weighted by atomic mass is 9.82. The number of esters is 1. The summed E-state index contributed by atoms with van der Waals surface area (Å²) in [6.07, 6.45) is 11.0. The number of anilines is 1. The molecule has 1 aromatic carbocycles. The van der Waals surface area contributed by atoms with Gasteiger partial charge in [-0.15, -0.1) is 0 Å². The molecule has 1 N–H and O–H groups in total. The molecule has 4 nitrogen and oxygen atoms in total. The van der Waals surface area contributed by atoms with Gasteiger partial charge in [-0.1, -0.05) is 18.6 Å². The first-order valence-electron chi connectivity index (χ1n) is 10.2. The summed E-state index contributed by atoms with van der Waals surface area (Å²) in [4.78, 5) is 14.4. The van der Waals surface area contributed by atoms with E-state index in [1.807, 2.05) is 0 Å². The molecule has 3 aliphatic rings. The Kier molecular flexibility index (Phi) is 4.92. The van der Waals surface area contributed by atoms with E-state index in [2.05, 4.69) is 41.4 Å². The Morgan fingerprint density at radius 3 is 2.35 bits per heavy atom. The molecule has 0 amide bonds. The van der Waals surface area contributed by atoms with Gasteiger partial charge in [-0.25, -0.2) is 4.79 Å². The first-order chi connectivity index (χ1) is 12.7. The normalized spacial score (nSPS) is 23.5. The lowest BCUT2D eigenvalue weighted by Gasteiger charge is -2.36. The second-order valence-corrected chi connectivity index (χ2v) is 8.04. The van der Waals surface area contributed by atoms with Gasteiger partial charge in [0, 0.05) is 30.9 Å². The smallest absolute Gasteiger partial charge is 0.333 e. The van der Waals surface area contributed by atoms with Crippen molar-refractivity contribution in [2.45, 2.75) is 69.9 Å². The third-order valence-electron chi connectivity index (χ3n) is 6.20. The van der Waals surface area contributed by atoms with E-state index in [1.165, 1.54) is 50.0 Å². The molecular formula is C22H30N2O2. The number of benzene rings is 1. The highest BCUT2D eigenvalue weighted by Gasteiger charge is 2.44. The number of hydrogen-bond acceptors (Lipinski definition) is 4. The number of piperidine rings is 1. The molecule has 1 atom stereocenters. The van der Waals surface area contributed by atoms with Crippen molar-refractivity contribution in [3.05, 3.63) is 41.6 Å². The van der Waals surface area contributed by atoms with E-state index >= 15 is 0 Å². The van der Waals surface area contributed by atoms with E-state index in [0.717, 1.165) is 31.4 Å². The van der Waals surface area contributed by atoms with E-state index in [-0.39, 0.29) is 12.0 Å². The van der Waals surface area contributed by atoms with Crippen LogP contribution in [0.5, 0.6) is 0 Å². The summed E-state index contributed by atoms with van der Waals surface area (Å²) in [5.74, 6) is -0.193. The van der Waals surface area contributed by atoms with Crippen LogP contribution in [-0.2, 0) is 9.53 Å². The summed E-state index contributed by atoms with van der Waals surface area (Å²) >= 11 is 0. The molecule has 0 aromatic heterocycles. The number of hydrogen-bond donors (Lipinski definition) is 1. The molecule has 1 aromatic rings. The van der Waals surface area contributed by atoms with Crippen molar-refractivity contribution >= 4 is 11.7 Å². The molecule has 4 heteroatoms. The van der Waals surface area contributed by atoms with Crippen LogP contribution in [0.15, 0.2) is 36.0 Å². The van der Waals surface area contributed by atoms with Crippen LogP contribution in [-0.4, -0.2) is 24.7 Å². The molecule has 1 unspecified atom stereocenters. The van der Waals surface area contributed by atoms with Crippen molar-refractivity contribution in [3.63, 3.8) is 0 Å². The predicted octanol–water partition coefficient (Wildman–Crippen LogP) is 4.47. The van der Waals surface area contributed by atoms with Gasteiger partial charge in [0.2, 0.25) is 0 Å². The molecule has 0 bridgehead atoms. The SMILES string of the molecule is CC(NC1=CC(=O)OC12CCCCC2)c1ccc(N2CCCCC2)cc1. The van der Waals surface area contributed by atoms with Crippen molar-refractivity contribution in [1.82, 2.24) is 5.32 Å². The zero-order valence-electron chi connectivity index (χ0n) is 15.8. The van der Waals surface area contributed by atoms with Gasteiger partial charge in [0.15, 0.2) is 5.60 Å². The summed E-state index contributed by atoms with van der Waals surface area (Å²) in [6, 6.07) is 9.06. The molecular weight excluding hydrogens is 324 g/mol. The van der Waals surface area contributed by atoms with Crippen LogP contribution < -0.4 is 10.2 Å². The Labute approximate surface area is 156 Å². The summed E-state index contributed by atoms with van der Waals surface area (Å²) < 4.78 is 5.74. The summed E-state index contributed by atoms with van der Waals surface area (Å²) in [7, 11) is 0. The molecule has 26 heavy (non-hydrogen) atoms. The number of ether oxygens (including phenoxy) is 1. The van der Waals surface area contributed by atoms with Crippen LogP contribution in [0.25, 0.3) is 0 Å². The highest BCUT2D eigenvalue weighted by atomic mass is 16.6. The first kappa shape index (κ1) is 17.4. The Bertz CT molecular complexity index is 668. The molecule has 0 radical (unpaired) electrons. The second-order valence-electron chi connectivity index (χ2n) is 8.04. The number of nitrogens with zero attached hydrogens (tertiary/aromatic N) is 1. The zero-order valence-corrected chi connectivity index (χ0v) is 15.8. The minimum atomic E-state index is -0.392. The van der Waals surface area contributed by atoms with Gasteiger partial charge in [-0.2, -0.15) is 0 Å². The number of nitrogens with one attached hydrogen (secondary N) is 1. The van der Waals surface area contributed by atoms with Crippen LogP contribution in [0.2, 0.25) is 0 Å². The molecule has 2 aliphatic heterocycles. The van der Waals surface area contributed by atoms with E-state index in [0.29, 0.717) is 0 Å². The number of rotatable bonds is 4. The minimum absolute atomic E-state index is 0.157. The van der Waals surface area contributed by atoms with E-state index < -0.39 is 5.60 Å². The van der Waals surface area contributed by atoms with Crippen LogP contribution in [0, 0.1) is 0 Å². The monoisotopic (exact) mass is 354 g/mol. The standard InChI is InChI=1S/C22H30N2O2/c1-17(18-8-10-19(11-9-18)24-14-6-3-7-15-24)23-20-16-21(25)26-22(20)12-4-2-5-13-22/h8-11,16-17,23H,2-7,12-15H2,1H3. The fraction of sp³-hybridized carbons (Fsp3) is 0.591.